The zero-order chi connectivity index (χ0) is 81.4. The summed E-state index contributed by atoms with van der Waals surface area (Å²) in [7, 11) is 1.98. The van der Waals surface area contributed by atoms with Crippen LogP contribution in [0.1, 0.15) is 122 Å². The van der Waals surface area contributed by atoms with Crippen molar-refractivity contribution in [3.8, 4) is 0 Å². The number of nitrogens with zero attached hydrogens (tertiary/aromatic N) is 12. The predicted octanol–water partition coefficient (Wildman–Crippen LogP) is 14.9. The Labute approximate surface area is 675 Å². The molecule has 19 N–H and O–H groups in total. The van der Waals surface area contributed by atoms with Crippen LogP contribution in [0.3, 0.4) is 0 Å². The van der Waals surface area contributed by atoms with Crippen molar-refractivity contribution < 1.29 is 26.4 Å². The summed E-state index contributed by atoms with van der Waals surface area (Å²) in [6.07, 6.45) is 13.7. The minimum Gasteiger partial charge on any atom is -0.467 e. The molecule has 114 heavy (non-hydrogen) atoms. The van der Waals surface area contributed by atoms with E-state index in [9.17, 15) is 8.78 Å². The van der Waals surface area contributed by atoms with Gasteiger partial charge in [-0.25, -0.2) is 38.7 Å². The molecule has 602 valence electrons. The summed E-state index contributed by atoms with van der Waals surface area (Å²) < 4.78 is 51.6. The second kappa shape index (κ2) is 38.8. The van der Waals surface area contributed by atoms with E-state index in [-0.39, 0.29) is 69.5 Å². The molecule has 0 aliphatic rings. The Morgan fingerprint density at radius 3 is 1.38 bits per heavy atom. The third-order valence-corrected chi connectivity index (χ3v) is 19.1. The van der Waals surface area contributed by atoms with Crippen molar-refractivity contribution in [2.75, 3.05) is 26.6 Å². The second-order valence-electron chi connectivity index (χ2n) is 28.1. The predicted molar refractivity (Wildman–Crippen MR) is 444 cm³/mol. The maximum Gasteiger partial charge on any atom is 0.226 e. The molecule has 15 aromatic heterocycles. The van der Waals surface area contributed by atoms with Crippen molar-refractivity contribution in [3.63, 3.8) is 0 Å². The highest BCUT2D eigenvalue weighted by atomic mass is 35.5. The molecule has 0 amide bonds. The lowest BCUT2D eigenvalue weighted by molar-refractivity contribution is 0.438. The first-order valence-electron chi connectivity index (χ1n) is 37.0. The van der Waals surface area contributed by atoms with Gasteiger partial charge in [0.25, 0.3) is 0 Å². The number of pyridine rings is 1. The number of aromatic amines is 4. The zero-order valence-electron chi connectivity index (χ0n) is 64.7. The van der Waals surface area contributed by atoms with Gasteiger partial charge in [0.05, 0.1) is 90.1 Å². The van der Waals surface area contributed by atoms with Crippen LogP contribution in [0.4, 0.5) is 37.9 Å². The van der Waals surface area contributed by atoms with Crippen LogP contribution in [0, 0.1) is 38.3 Å². The molecular formula is C78H94Cl4F2N26O4. The van der Waals surface area contributed by atoms with Gasteiger partial charge in [0.15, 0.2) is 5.82 Å². The minimum absolute atomic E-state index is 0.0221. The lowest BCUT2D eigenvalue weighted by atomic mass is 9.96. The van der Waals surface area contributed by atoms with Gasteiger partial charge in [-0.3, -0.25) is 4.98 Å². The fraction of sp³-hybridized carbons (Fsp3) is 0.346. The fourth-order valence-corrected chi connectivity index (χ4v) is 13.4. The van der Waals surface area contributed by atoms with Gasteiger partial charge in [0.1, 0.15) is 92.0 Å². The van der Waals surface area contributed by atoms with E-state index < -0.39 is 0 Å². The Kier molecular flexibility index (Phi) is 28.6. The van der Waals surface area contributed by atoms with E-state index >= 15 is 0 Å². The number of hydrogen-bond donors (Lipinski definition) is 14. The molecule has 0 aromatic carbocycles. The van der Waals surface area contributed by atoms with Crippen LogP contribution in [0.15, 0.2) is 122 Å². The maximum absolute atomic E-state index is 14.6. The first-order valence-corrected chi connectivity index (χ1v) is 38.5. The van der Waals surface area contributed by atoms with Crippen LogP contribution in [0.2, 0.25) is 21.1 Å². The van der Waals surface area contributed by atoms with E-state index in [1.54, 1.807) is 50.3 Å². The Hall–Kier alpha value is -10.8. The topological polar surface area (TPSA) is 453 Å². The third-order valence-electron chi connectivity index (χ3n) is 18.5. The van der Waals surface area contributed by atoms with E-state index in [2.05, 4.69) is 122 Å². The maximum atomic E-state index is 14.6. The molecule has 15 aromatic rings. The van der Waals surface area contributed by atoms with Crippen molar-refractivity contribution in [1.29, 1.82) is 0 Å². The molecule has 0 fully saturated rings. The van der Waals surface area contributed by atoms with Gasteiger partial charge < -0.3 is 97.4 Å². The number of nitrogens with two attached hydrogens (primary N) is 5. The molecule has 0 bridgehead atoms. The van der Waals surface area contributed by atoms with E-state index in [4.69, 9.17) is 92.7 Å². The number of furan rings is 4. The molecular weight excluding hydrogens is 1540 g/mol. The molecule has 0 spiro atoms. The van der Waals surface area contributed by atoms with Crippen LogP contribution >= 0.6 is 46.4 Å². The van der Waals surface area contributed by atoms with Gasteiger partial charge >= 0.3 is 0 Å². The summed E-state index contributed by atoms with van der Waals surface area (Å²) in [6, 6.07) is 20.6. The minimum atomic E-state index is -0.372. The van der Waals surface area contributed by atoms with Gasteiger partial charge in [0.2, 0.25) is 21.1 Å². The van der Waals surface area contributed by atoms with Crippen molar-refractivity contribution in [3.05, 3.63) is 211 Å². The summed E-state index contributed by atoms with van der Waals surface area (Å²) in [4.78, 5) is 59.3. The van der Waals surface area contributed by atoms with Crippen molar-refractivity contribution in [2.45, 2.75) is 164 Å². The molecule has 0 radical (unpaired) electrons. The number of aromatic nitrogens is 16. The Morgan fingerprint density at radius 2 is 0.895 bits per heavy atom. The molecule has 15 rings (SSSR count). The molecule has 0 unspecified atom stereocenters. The first kappa shape index (κ1) is 84.1. The van der Waals surface area contributed by atoms with Crippen LogP contribution < -0.4 is 55.3 Å². The third kappa shape index (κ3) is 21.9. The number of H-pyrrole nitrogens is 4. The number of halogens is 6. The van der Waals surface area contributed by atoms with Crippen LogP contribution in [-0.2, 0) is 71.9 Å². The Bertz CT molecular complexity index is 5470. The number of hydrogen-bond acceptors (Lipinski definition) is 25. The molecule has 0 aliphatic heterocycles. The second-order valence-corrected chi connectivity index (χ2v) is 29.4. The van der Waals surface area contributed by atoms with Crippen LogP contribution in [-0.4, -0.2) is 110 Å². The average Bonchev–Trinajstić information content (AvgIpc) is 1.62. The fourth-order valence-electron chi connectivity index (χ4n) is 12.7. The highest BCUT2D eigenvalue weighted by Gasteiger charge is 2.24. The summed E-state index contributed by atoms with van der Waals surface area (Å²) in [5, 5.41) is 20.7. The van der Waals surface area contributed by atoms with Crippen LogP contribution in [0.25, 0.3) is 55.2 Å². The summed E-state index contributed by atoms with van der Waals surface area (Å²) in [5.74, 6) is 6.60. The van der Waals surface area contributed by atoms with E-state index in [1.165, 1.54) is 6.20 Å². The molecule has 0 saturated heterocycles. The highest BCUT2D eigenvalue weighted by Crippen LogP contribution is 2.34. The van der Waals surface area contributed by atoms with Gasteiger partial charge in [-0.1, -0.05) is 20.3 Å². The quantitative estimate of drug-likeness (QED) is 0.0213. The zero-order valence-corrected chi connectivity index (χ0v) is 67.7. The van der Waals surface area contributed by atoms with E-state index in [0.717, 1.165) is 115 Å². The number of anilines is 5. The van der Waals surface area contributed by atoms with Gasteiger partial charge in [-0.2, -0.15) is 19.9 Å². The molecule has 15 heterocycles. The van der Waals surface area contributed by atoms with Gasteiger partial charge in [-0.05, 0) is 179 Å². The Balaban J connectivity index is 0.000000141. The number of fused-ring (bicyclic) bond motifs is 5. The smallest absolute Gasteiger partial charge is 0.226 e. The average molecular weight is 1640 g/mol. The van der Waals surface area contributed by atoms with Gasteiger partial charge in [0, 0.05) is 110 Å². The van der Waals surface area contributed by atoms with Crippen molar-refractivity contribution >= 4 is 131 Å². The summed E-state index contributed by atoms with van der Waals surface area (Å²) in [5.41, 5.74) is 40.4. The summed E-state index contributed by atoms with van der Waals surface area (Å²) >= 11 is 24.1. The Morgan fingerprint density at radius 1 is 0.465 bits per heavy atom. The van der Waals surface area contributed by atoms with E-state index in [0.29, 0.717) is 113 Å². The van der Waals surface area contributed by atoms with Crippen molar-refractivity contribution in [1.82, 2.24) is 79.3 Å². The molecule has 6 atom stereocenters. The monoisotopic (exact) mass is 1640 g/mol. The number of rotatable bonds is 27. The van der Waals surface area contributed by atoms with Gasteiger partial charge in [-0.15, -0.1) is 0 Å². The van der Waals surface area contributed by atoms with Crippen molar-refractivity contribution in [2.24, 2.45) is 41.6 Å². The molecule has 0 saturated carbocycles. The normalized spacial score (nSPS) is 13.0. The SMILES string of the molecule is CC[C@H](C)[C@H](N)Cc1cc2c(NCc3ccco3)nc(Cl)nc2[nH]1.C[C@H](N)Cc1cc2c(NCc3ccncc3F)nc(Cl)nc2[nH]1.Cc1c(C[C@H](C)N)[nH]c2nc(Cl)nc(NCc3ccco3)c12.Cc1c(C[C@H](C)N)n(C)c2nc(Cl)nc(NCc3ccco3)c12.Cc1nc(NCc2ccco2)c2c(F)c(C[C@H](C)N)[nH]c2n1. The lowest BCUT2D eigenvalue weighted by Crippen LogP contribution is -2.30. The highest BCUT2D eigenvalue weighted by molar-refractivity contribution is 6.30. The van der Waals surface area contributed by atoms with Crippen LogP contribution in [0.5, 0.6) is 0 Å². The van der Waals surface area contributed by atoms with E-state index in [1.807, 2.05) is 101 Å². The molecule has 30 nitrogen and oxygen atoms in total. The lowest BCUT2D eigenvalue weighted by Gasteiger charge is -2.17. The molecule has 36 heteroatoms. The first-order chi connectivity index (χ1) is 54.6. The number of aryl methyl sites for hydroxylation is 4. The largest absolute Gasteiger partial charge is 0.467 e. The molecule has 0 aliphatic carbocycles. The number of nitrogens with one attached hydrogen (secondary N) is 9. The summed E-state index contributed by atoms with van der Waals surface area (Å²) in [6.45, 7) is 20.2. The standard InChI is InChI=1S/C17H22ClN5O.C16H20ClN5O.C15H16ClFN6.C15H18ClN5O.C15H18FN5O/c1-3-10(2)14(19)8-11-7-13-15(20-9-12-5-4-6-24-12)22-17(18)23-16(13)21-11;1-9(18)7-12-10(2)13-14(19-8-11-5-4-6-23-11)20-16(17)21-15(13)22(12)3;1-8(18)4-10-5-11-13(22-15(16)23-14(11)21-10)20-6-9-2-3-19-7-12(9)17;1-8(17)6-11-9(2)12-13(18-7-10-4-3-5-22-10)20-15(16)21-14(12)19-11;1-8(17)6-11-13(16)12-14(18-7-10-4-3-5-22-10)19-9(2)20-15(12)21-11/h4-7,10,14H,3,8-9,19H2,1-2H3,(H2,20,21,22,23);4-6,9H,7-8,18H2,1-3H3,(H,19,20,21);2-3,5,7-8H,4,6,18H2,1H3,(H2,20,21,22,23);2*3-5,8H,6-7,17H2,1-2H3,(H2,18,19,20,21)/t10-,14+;9-;3*8-/m00000/s1.